The van der Waals surface area contributed by atoms with E-state index in [0.717, 1.165) is 23.0 Å². The van der Waals surface area contributed by atoms with Gasteiger partial charge in [0.1, 0.15) is 0 Å². The van der Waals surface area contributed by atoms with Gasteiger partial charge in [-0.3, -0.25) is 16.3 Å². The van der Waals surface area contributed by atoms with Crippen LogP contribution in [0.1, 0.15) is 32.9 Å². The third kappa shape index (κ3) is 4.02. The SMILES string of the molecule is CCOC(C)(CC)C(Cc1ccc(Br)cn1)NN. The minimum atomic E-state index is -0.280. The molecule has 0 aromatic carbocycles. The van der Waals surface area contributed by atoms with E-state index < -0.39 is 0 Å². The van der Waals surface area contributed by atoms with Crippen molar-refractivity contribution in [3.05, 3.63) is 28.5 Å². The molecule has 2 atom stereocenters. The fraction of sp³-hybridized carbons (Fsp3) is 0.615. The number of aromatic nitrogens is 1. The van der Waals surface area contributed by atoms with Gasteiger partial charge in [-0.15, -0.1) is 0 Å². The maximum atomic E-state index is 5.85. The fourth-order valence-corrected chi connectivity index (χ4v) is 2.20. The van der Waals surface area contributed by atoms with Gasteiger partial charge in [-0.25, -0.2) is 0 Å². The smallest absolute Gasteiger partial charge is 0.0821 e. The standard InChI is InChI=1S/C13H22BrN3O/c1-4-13(3,18-5-2)12(17-15)8-11-7-6-10(14)9-16-11/h6-7,9,12,17H,4-5,8,15H2,1-3H3. The highest BCUT2D eigenvalue weighted by molar-refractivity contribution is 9.10. The molecular formula is C13H22BrN3O. The number of nitrogens with zero attached hydrogens (tertiary/aromatic N) is 1. The van der Waals surface area contributed by atoms with E-state index in [1.165, 1.54) is 0 Å². The lowest BCUT2D eigenvalue weighted by Crippen LogP contribution is -2.54. The highest BCUT2D eigenvalue weighted by Crippen LogP contribution is 2.22. The highest BCUT2D eigenvalue weighted by atomic mass is 79.9. The third-order valence-electron chi connectivity index (χ3n) is 3.32. The van der Waals surface area contributed by atoms with Crippen molar-refractivity contribution >= 4 is 15.9 Å². The molecule has 0 amide bonds. The van der Waals surface area contributed by atoms with E-state index in [4.69, 9.17) is 10.6 Å². The number of ether oxygens (including phenoxy) is 1. The van der Waals surface area contributed by atoms with Gasteiger partial charge >= 0.3 is 0 Å². The van der Waals surface area contributed by atoms with E-state index in [1.807, 2.05) is 19.1 Å². The molecule has 0 saturated heterocycles. The van der Waals surface area contributed by atoms with Crippen molar-refractivity contribution in [2.75, 3.05) is 6.61 Å². The molecule has 0 aliphatic rings. The summed E-state index contributed by atoms with van der Waals surface area (Å²) in [7, 11) is 0. The summed E-state index contributed by atoms with van der Waals surface area (Å²) in [5, 5.41) is 0. The van der Waals surface area contributed by atoms with E-state index in [0.29, 0.717) is 6.61 Å². The molecule has 2 unspecified atom stereocenters. The van der Waals surface area contributed by atoms with Crippen LogP contribution in [-0.4, -0.2) is 23.2 Å². The topological polar surface area (TPSA) is 60.2 Å². The predicted molar refractivity (Wildman–Crippen MR) is 77.1 cm³/mol. The molecular weight excluding hydrogens is 294 g/mol. The van der Waals surface area contributed by atoms with Gasteiger partial charge in [-0.05, 0) is 48.3 Å². The molecule has 1 aromatic heterocycles. The van der Waals surface area contributed by atoms with Gasteiger partial charge in [-0.2, -0.15) is 0 Å². The summed E-state index contributed by atoms with van der Waals surface area (Å²) in [6.45, 7) is 6.87. The van der Waals surface area contributed by atoms with E-state index in [2.05, 4.69) is 40.2 Å². The lowest BCUT2D eigenvalue weighted by Gasteiger charge is -2.36. The number of pyridine rings is 1. The second-order valence-electron chi connectivity index (χ2n) is 4.49. The molecule has 5 heteroatoms. The van der Waals surface area contributed by atoms with Gasteiger partial charge < -0.3 is 4.74 Å². The van der Waals surface area contributed by atoms with Crippen LogP contribution in [0.5, 0.6) is 0 Å². The predicted octanol–water partition coefficient (Wildman–Crippen LogP) is 2.42. The van der Waals surface area contributed by atoms with Crippen molar-refractivity contribution in [3.63, 3.8) is 0 Å². The molecule has 0 bridgehead atoms. The molecule has 3 N–H and O–H groups in total. The summed E-state index contributed by atoms with van der Waals surface area (Å²) < 4.78 is 6.83. The molecule has 0 saturated carbocycles. The Morgan fingerprint density at radius 2 is 2.22 bits per heavy atom. The number of hydrazine groups is 1. The lowest BCUT2D eigenvalue weighted by atomic mass is 9.90. The van der Waals surface area contributed by atoms with Crippen LogP contribution in [0.2, 0.25) is 0 Å². The number of hydrogen-bond acceptors (Lipinski definition) is 4. The Hall–Kier alpha value is -0.490. The molecule has 0 aliphatic carbocycles. The van der Waals surface area contributed by atoms with Gasteiger partial charge in [0.15, 0.2) is 0 Å². The Labute approximate surface area is 117 Å². The summed E-state index contributed by atoms with van der Waals surface area (Å²) in [6, 6.07) is 4.02. The number of nitrogens with two attached hydrogens (primary N) is 1. The summed E-state index contributed by atoms with van der Waals surface area (Å²) in [4.78, 5) is 4.38. The van der Waals surface area contributed by atoms with E-state index in [1.54, 1.807) is 6.20 Å². The molecule has 1 rings (SSSR count). The average Bonchev–Trinajstić information content (AvgIpc) is 2.38. The van der Waals surface area contributed by atoms with E-state index in [-0.39, 0.29) is 11.6 Å². The molecule has 0 spiro atoms. The van der Waals surface area contributed by atoms with Gasteiger partial charge in [0.25, 0.3) is 0 Å². The van der Waals surface area contributed by atoms with Crippen LogP contribution in [0.25, 0.3) is 0 Å². The minimum absolute atomic E-state index is 0.0381. The first kappa shape index (κ1) is 15.6. The maximum absolute atomic E-state index is 5.85. The van der Waals surface area contributed by atoms with Crippen LogP contribution < -0.4 is 11.3 Å². The van der Waals surface area contributed by atoms with Crippen molar-refractivity contribution in [3.8, 4) is 0 Å². The Kier molecular flexibility index (Phi) is 6.21. The lowest BCUT2D eigenvalue weighted by molar-refractivity contribution is -0.0552. The van der Waals surface area contributed by atoms with Crippen molar-refractivity contribution in [2.24, 2.45) is 5.84 Å². The molecule has 0 radical (unpaired) electrons. The zero-order valence-electron chi connectivity index (χ0n) is 11.2. The zero-order valence-corrected chi connectivity index (χ0v) is 12.8. The first-order valence-electron chi connectivity index (χ1n) is 6.26. The van der Waals surface area contributed by atoms with Gasteiger partial charge in [0.05, 0.1) is 11.6 Å². The van der Waals surface area contributed by atoms with Crippen molar-refractivity contribution < 1.29 is 4.74 Å². The molecule has 18 heavy (non-hydrogen) atoms. The number of hydrogen-bond donors (Lipinski definition) is 2. The van der Waals surface area contributed by atoms with Crippen LogP contribution >= 0.6 is 15.9 Å². The first-order valence-corrected chi connectivity index (χ1v) is 7.05. The third-order valence-corrected chi connectivity index (χ3v) is 3.79. The summed E-state index contributed by atoms with van der Waals surface area (Å²) in [5.41, 5.74) is 3.59. The zero-order chi connectivity index (χ0) is 13.6. The molecule has 0 aliphatic heterocycles. The second kappa shape index (κ2) is 7.19. The summed E-state index contributed by atoms with van der Waals surface area (Å²) in [5.74, 6) is 5.68. The molecule has 1 heterocycles. The average molecular weight is 316 g/mol. The largest absolute Gasteiger partial charge is 0.374 e. The monoisotopic (exact) mass is 315 g/mol. The van der Waals surface area contributed by atoms with Crippen molar-refractivity contribution in [1.82, 2.24) is 10.4 Å². The number of halogens is 1. The first-order chi connectivity index (χ1) is 8.55. The normalized spacial score (nSPS) is 16.3. The minimum Gasteiger partial charge on any atom is -0.374 e. The molecule has 1 aromatic rings. The van der Waals surface area contributed by atoms with E-state index >= 15 is 0 Å². The van der Waals surface area contributed by atoms with Gasteiger partial charge in [-0.1, -0.05) is 6.92 Å². The van der Waals surface area contributed by atoms with Crippen molar-refractivity contribution in [2.45, 2.75) is 45.3 Å². The fourth-order valence-electron chi connectivity index (χ4n) is 1.97. The maximum Gasteiger partial charge on any atom is 0.0821 e. The highest BCUT2D eigenvalue weighted by Gasteiger charge is 2.32. The summed E-state index contributed by atoms with van der Waals surface area (Å²) in [6.07, 6.45) is 3.44. The Morgan fingerprint density at radius 3 is 2.67 bits per heavy atom. The van der Waals surface area contributed by atoms with E-state index in [9.17, 15) is 0 Å². The van der Waals surface area contributed by atoms with Crippen LogP contribution in [0, 0.1) is 0 Å². The number of rotatable bonds is 7. The van der Waals surface area contributed by atoms with Crippen LogP contribution in [0.4, 0.5) is 0 Å². The van der Waals surface area contributed by atoms with Crippen LogP contribution in [0.3, 0.4) is 0 Å². The number of nitrogens with one attached hydrogen (secondary N) is 1. The Balaban J connectivity index is 2.79. The Bertz CT molecular complexity index is 358. The van der Waals surface area contributed by atoms with Gasteiger partial charge in [0, 0.05) is 29.4 Å². The molecule has 102 valence electrons. The van der Waals surface area contributed by atoms with Crippen LogP contribution in [-0.2, 0) is 11.2 Å². The summed E-state index contributed by atoms with van der Waals surface area (Å²) >= 11 is 3.38. The quantitative estimate of drug-likeness (QED) is 0.599. The van der Waals surface area contributed by atoms with Gasteiger partial charge in [0.2, 0.25) is 0 Å². The molecule has 0 fully saturated rings. The van der Waals surface area contributed by atoms with Crippen molar-refractivity contribution in [1.29, 1.82) is 0 Å². The van der Waals surface area contributed by atoms with Crippen LogP contribution in [0.15, 0.2) is 22.8 Å². The Morgan fingerprint density at radius 1 is 1.50 bits per heavy atom. The second-order valence-corrected chi connectivity index (χ2v) is 5.41. The molecule has 4 nitrogen and oxygen atoms in total.